The molecule has 4 aromatic carbocycles. The molecule has 0 aliphatic heterocycles. The molecule has 1 aliphatic carbocycles. The highest BCUT2D eigenvalue weighted by molar-refractivity contribution is 7.92. The van der Waals surface area contributed by atoms with Gasteiger partial charge in [0.25, 0.3) is 10.0 Å². The predicted octanol–water partition coefficient (Wildman–Crippen LogP) is 7.30. The molecule has 0 aromatic heterocycles. The first-order valence-electron chi connectivity index (χ1n) is 17.0. The highest BCUT2D eigenvalue weighted by Crippen LogP contribution is 2.37. The Morgan fingerprint density at radius 2 is 1.46 bits per heavy atom. The molecule has 1 aliphatic rings. The van der Waals surface area contributed by atoms with E-state index in [1.807, 2.05) is 30.3 Å². The van der Waals surface area contributed by atoms with Crippen LogP contribution in [-0.4, -0.2) is 65.1 Å². The highest BCUT2D eigenvalue weighted by Gasteiger charge is 2.37. The van der Waals surface area contributed by atoms with Gasteiger partial charge in [-0.05, 0) is 60.4 Å². The number of carbonyl (C=O) groups is 2. The second kappa shape index (κ2) is 17.9. The van der Waals surface area contributed by atoms with E-state index in [0.717, 1.165) is 42.0 Å². The minimum Gasteiger partial charge on any atom is -0.495 e. The van der Waals surface area contributed by atoms with Crippen LogP contribution in [0.2, 0.25) is 10.0 Å². The number of nitrogens with zero attached hydrogens (tertiary/aromatic N) is 2. The van der Waals surface area contributed by atoms with Crippen LogP contribution in [0.4, 0.5) is 5.69 Å². The number of hydrogen-bond donors (Lipinski definition) is 1. The van der Waals surface area contributed by atoms with E-state index >= 15 is 0 Å². The van der Waals surface area contributed by atoms with Gasteiger partial charge in [0, 0.05) is 35.1 Å². The van der Waals surface area contributed by atoms with E-state index < -0.39 is 28.5 Å². The predicted molar refractivity (Wildman–Crippen MR) is 203 cm³/mol. The Kier molecular flexibility index (Phi) is 13.3. The summed E-state index contributed by atoms with van der Waals surface area (Å²) in [6.07, 6.45) is 4.97. The van der Waals surface area contributed by atoms with E-state index in [0.29, 0.717) is 16.3 Å². The lowest BCUT2D eigenvalue weighted by Gasteiger charge is -2.35. The van der Waals surface area contributed by atoms with E-state index in [2.05, 4.69) is 5.32 Å². The molecule has 0 heterocycles. The largest absolute Gasteiger partial charge is 0.495 e. The van der Waals surface area contributed by atoms with Gasteiger partial charge in [-0.1, -0.05) is 91.0 Å². The minimum atomic E-state index is -4.51. The third kappa shape index (κ3) is 9.31. The summed E-state index contributed by atoms with van der Waals surface area (Å²) >= 11 is 13.1. The van der Waals surface area contributed by atoms with Crippen molar-refractivity contribution < 1.29 is 32.2 Å². The Labute approximate surface area is 315 Å². The second-order valence-corrected chi connectivity index (χ2v) is 15.2. The van der Waals surface area contributed by atoms with Crippen molar-refractivity contribution in [3.8, 4) is 17.2 Å². The molecule has 0 bridgehead atoms. The number of nitrogens with one attached hydrogen (secondary N) is 1. The summed E-state index contributed by atoms with van der Waals surface area (Å²) in [4.78, 5) is 30.5. The van der Waals surface area contributed by atoms with Crippen LogP contribution >= 0.6 is 23.2 Å². The van der Waals surface area contributed by atoms with Crippen LogP contribution in [0, 0.1) is 0 Å². The summed E-state index contributed by atoms with van der Waals surface area (Å²) in [5, 5.41) is 3.82. The van der Waals surface area contributed by atoms with Gasteiger partial charge in [0.05, 0.1) is 31.9 Å². The molecule has 1 saturated carbocycles. The first kappa shape index (κ1) is 38.8. The van der Waals surface area contributed by atoms with Crippen molar-refractivity contribution in [3.05, 3.63) is 112 Å². The molecule has 0 saturated heterocycles. The molecular weight excluding hydrogens is 725 g/mol. The molecule has 0 spiro atoms. The van der Waals surface area contributed by atoms with Crippen LogP contribution in [0.3, 0.4) is 0 Å². The molecule has 10 nitrogen and oxygen atoms in total. The number of amides is 2. The molecule has 5 rings (SSSR count). The summed E-state index contributed by atoms with van der Waals surface area (Å²) in [5.41, 5.74) is 1.45. The van der Waals surface area contributed by atoms with Gasteiger partial charge >= 0.3 is 0 Å². The van der Waals surface area contributed by atoms with Crippen LogP contribution in [0.1, 0.15) is 43.2 Å². The fourth-order valence-corrected chi connectivity index (χ4v) is 8.18. The standard InChI is InChI=1S/C39H43Cl2N3O7S/c1-49-35-20-18-29(40)23-33(35)44(52(47,48)31-19-21-36(50-2)37(24-31)51-3)26-38(45)43(25-28-14-10-11-17-32(28)41)34(22-27-12-6-4-7-13-27)39(46)42-30-15-8-5-9-16-30/h4,6-7,10-14,17-21,23-24,30,34H,5,8-9,15-16,22,25-26H2,1-3H3,(H,42,46). The van der Waals surface area contributed by atoms with Crippen molar-refractivity contribution in [2.75, 3.05) is 32.2 Å². The normalized spacial score (nSPS) is 13.9. The van der Waals surface area contributed by atoms with Gasteiger partial charge in [0.2, 0.25) is 11.8 Å². The molecule has 0 radical (unpaired) electrons. The summed E-state index contributed by atoms with van der Waals surface area (Å²) in [7, 11) is -0.281. The van der Waals surface area contributed by atoms with Gasteiger partial charge in [-0.3, -0.25) is 13.9 Å². The quantitative estimate of drug-likeness (QED) is 0.135. The van der Waals surface area contributed by atoms with E-state index in [4.69, 9.17) is 37.4 Å². The topological polar surface area (TPSA) is 114 Å². The van der Waals surface area contributed by atoms with Crippen molar-refractivity contribution in [2.24, 2.45) is 0 Å². The Hall–Kier alpha value is -4.45. The maximum Gasteiger partial charge on any atom is 0.265 e. The van der Waals surface area contributed by atoms with Crippen molar-refractivity contribution in [1.29, 1.82) is 0 Å². The van der Waals surface area contributed by atoms with Gasteiger partial charge in [0.15, 0.2) is 11.5 Å². The maximum atomic E-state index is 14.9. The lowest BCUT2D eigenvalue weighted by Crippen LogP contribution is -2.55. The SMILES string of the molecule is COc1ccc(S(=O)(=O)N(CC(=O)N(Cc2ccccc2Cl)C(Cc2ccccc2)C(=O)NC2CCCCC2)c2cc(Cl)ccc2OC)cc1OC. The van der Waals surface area contributed by atoms with Crippen LogP contribution in [-0.2, 0) is 32.6 Å². The molecule has 13 heteroatoms. The summed E-state index contributed by atoms with van der Waals surface area (Å²) < 4.78 is 46.6. The molecule has 1 atom stereocenters. The highest BCUT2D eigenvalue weighted by atomic mass is 35.5. The smallest absolute Gasteiger partial charge is 0.265 e. The number of ether oxygens (including phenoxy) is 3. The van der Waals surface area contributed by atoms with Gasteiger partial charge < -0.3 is 24.4 Å². The molecule has 276 valence electrons. The average molecular weight is 769 g/mol. The van der Waals surface area contributed by atoms with Gasteiger partial charge in [-0.15, -0.1) is 0 Å². The van der Waals surface area contributed by atoms with Crippen molar-refractivity contribution >= 4 is 50.7 Å². The van der Waals surface area contributed by atoms with Crippen molar-refractivity contribution in [3.63, 3.8) is 0 Å². The van der Waals surface area contributed by atoms with Crippen molar-refractivity contribution in [2.45, 2.75) is 62.0 Å². The van der Waals surface area contributed by atoms with Crippen LogP contribution < -0.4 is 23.8 Å². The van der Waals surface area contributed by atoms with E-state index in [9.17, 15) is 18.0 Å². The second-order valence-electron chi connectivity index (χ2n) is 12.5. The van der Waals surface area contributed by atoms with E-state index in [1.54, 1.807) is 30.3 Å². The zero-order valence-electron chi connectivity index (χ0n) is 29.4. The number of sulfonamides is 1. The lowest BCUT2D eigenvalue weighted by molar-refractivity contribution is -0.140. The third-order valence-electron chi connectivity index (χ3n) is 9.15. The van der Waals surface area contributed by atoms with E-state index in [-0.39, 0.29) is 52.0 Å². The first-order valence-corrected chi connectivity index (χ1v) is 19.2. The Balaban J connectivity index is 1.63. The van der Waals surface area contributed by atoms with Crippen LogP contribution in [0.25, 0.3) is 0 Å². The zero-order valence-corrected chi connectivity index (χ0v) is 31.7. The molecule has 52 heavy (non-hydrogen) atoms. The summed E-state index contributed by atoms with van der Waals surface area (Å²) in [6.45, 7) is -0.773. The molecular formula is C39H43Cl2N3O7S. The number of anilines is 1. The Morgan fingerprint density at radius 3 is 2.13 bits per heavy atom. The van der Waals surface area contributed by atoms with Crippen LogP contribution in [0.5, 0.6) is 17.2 Å². The van der Waals surface area contributed by atoms with Crippen LogP contribution in [0.15, 0.2) is 95.9 Å². The average Bonchev–Trinajstić information content (AvgIpc) is 3.16. The Morgan fingerprint density at radius 1 is 0.808 bits per heavy atom. The summed E-state index contributed by atoms with van der Waals surface area (Å²) in [6, 6.07) is 24.1. The Bertz CT molecular complexity index is 1960. The van der Waals surface area contributed by atoms with E-state index in [1.165, 1.54) is 56.6 Å². The molecule has 1 N–H and O–H groups in total. The monoisotopic (exact) mass is 767 g/mol. The maximum absolute atomic E-state index is 14.9. The fourth-order valence-electron chi connectivity index (χ4n) is 6.38. The first-order chi connectivity index (χ1) is 25.0. The number of hydrogen-bond acceptors (Lipinski definition) is 7. The number of benzene rings is 4. The number of halogens is 2. The molecule has 1 fully saturated rings. The number of rotatable bonds is 15. The number of methoxy groups -OCH3 is 3. The van der Waals surface area contributed by atoms with Gasteiger partial charge in [-0.25, -0.2) is 8.42 Å². The fraction of sp³-hybridized carbons (Fsp3) is 0.333. The minimum absolute atomic E-state index is 0.0297. The molecule has 2 amide bonds. The third-order valence-corrected chi connectivity index (χ3v) is 11.5. The lowest BCUT2D eigenvalue weighted by atomic mass is 9.94. The summed E-state index contributed by atoms with van der Waals surface area (Å²) in [5.74, 6) is -0.315. The molecule has 4 aromatic rings. The van der Waals surface area contributed by atoms with Gasteiger partial charge in [0.1, 0.15) is 18.3 Å². The van der Waals surface area contributed by atoms with Gasteiger partial charge in [-0.2, -0.15) is 0 Å². The van der Waals surface area contributed by atoms with Crippen molar-refractivity contribution in [1.82, 2.24) is 10.2 Å². The number of carbonyl (C=O) groups excluding carboxylic acids is 2. The molecule has 1 unspecified atom stereocenters. The zero-order chi connectivity index (χ0) is 37.3.